The highest BCUT2D eigenvalue weighted by Crippen LogP contribution is 2.41. The van der Waals surface area contributed by atoms with Gasteiger partial charge in [-0.25, -0.2) is 0 Å². The zero-order valence-corrected chi connectivity index (χ0v) is 16.0. The zero-order chi connectivity index (χ0) is 18.5. The maximum Gasteiger partial charge on any atom is 0.231 e. The Hall–Kier alpha value is -2.24. The fraction of sp³-hybridized carbons (Fsp3) is 0.455. The van der Waals surface area contributed by atoms with Crippen molar-refractivity contribution in [2.24, 2.45) is 0 Å². The van der Waals surface area contributed by atoms with Crippen molar-refractivity contribution in [1.82, 2.24) is 9.80 Å². The third-order valence-electron chi connectivity index (χ3n) is 5.29. The number of ether oxygens (including phenoxy) is 3. The topological polar surface area (TPSA) is 34.2 Å². The Balaban J connectivity index is 1.40. The van der Waals surface area contributed by atoms with Gasteiger partial charge in [-0.15, -0.1) is 0 Å². The lowest BCUT2D eigenvalue weighted by molar-refractivity contribution is 0.143. The van der Waals surface area contributed by atoms with E-state index in [-0.39, 0.29) is 0 Å². The smallest absolute Gasteiger partial charge is 0.231 e. The van der Waals surface area contributed by atoms with Crippen LogP contribution in [0.2, 0.25) is 0 Å². The van der Waals surface area contributed by atoms with Gasteiger partial charge >= 0.3 is 0 Å². The summed E-state index contributed by atoms with van der Waals surface area (Å²) < 4.78 is 17.5. The average Bonchev–Trinajstić information content (AvgIpc) is 3.18. The van der Waals surface area contributed by atoms with E-state index in [1.807, 2.05) is 12.1 Å². The van der Waals surface area contributed by atoms with Crippen LogP contribution in [0, 0.1) is 0 Å². The van der Waals surface area contributed by atoms with Crippen molar-refractivity contribution in [2.75, 3.05) is 46.6 Å². The number of benzene rings is 2. The lowest BCUT2D eigenvalue weighted by atomic mass is 10.1. The molecule has 1 saturated heterocycles. The van der Waals surface area contributed by atoms with Crippen LogP contribution < -0.4 is 14.2 Å². The minimum Gasteiger partial charge on any atom is -0.493 e. The van der Waals surface area contributed by atoms with Gasteiger partial charge in [0.15, 0.2) is 11.5 Å². The van der Waals surface area contributed by atoms with Gasteiger partial charge in [-0.1, -0.05) is 30.3 Å². The molecule has 0 radical (unpaired) electrons. The lowest BCUT2D eigenvalue weighted by Crippen LogP contribution is -2.43. The Morgan fingerprint density at radius 1 is 0.963 bits per heavy atom. The summed E-state index contributed by atoms with van der Waals surface area (Å²) in [7, 11) is 2.18. The number of piperazine rings is 1. The molecule has 2 aromatic carbocycles. The number of aryl methyl sites for hydroxylation is 1. The second kappa shape index (κ2) is 8.63. The normalized spacial score (nSPS) is 17.2. The summed E-state index contributed by atoms with van der Waals surface area (Å²) >= 11 is 0. The number of hydrogen-bond acceptors (Lipinski definition) is 5. The van der Waals surface area contributed by atoms with E-state index in [1.54, 1.807) is 0 Å². The third-order valence-corrected chi connectivity index (χ3v) is 5.29. The molecule has 0 aliphatic carbocycles. The fourth-order valence-corrected chi connectivity index (χ4v) is 3.63. The van der Waals surface area contributed by atoms with E-state index in [1.165, 1.54) is 5.56 Å². The molecule has 0 spiro atoms. The molecule has 0 unspecified atom stereocenters. The molecule has 0 aromatic heterocycles. The summed E-state index contributed by atoms with van der Waals surface area (Å²) in [4.78, 5) is 4.83. The maximum absolute atomic E-state index is 6.17. The predicted octanol–water partition coefficient (Wildman–Crippen LogP) is 3.17. The number of rotatable bonds is 7. The van der Waals surface area contributed by atoms with Crippen molar-refractivity contribution >= 4 is 0 Å². The van der Waals surface area contributed by atoms with E-state index in [0.717, 1.165) is 68.4 Å². The molecule has 4 rings (SSSR count). The lowest BCUT2D eigenvalue weighted by Gasteiger charge is -2.32. The van der Waals surface area contributed by atoms with Crippen LogP contribution in [0.5, 0.6) is 17.2 Å². The van der Waals surface area contributed by atoms with Crippen molar-refractivity contribution in [2.45, 2.75) is 19.4 Å². The molecular formula is C22H28N2O3. The summed E-state index contributed by atoms with van der Waals surface area (Å²) in [5.41, 5.74) is 2.47. The minimum atomic E-state index is 0.294. The van der Waals surface area contributed by atoms with Crippen LogP contribution in [-0.2, 0) is 13.0 Å². The summed E-state index contributed by atoms with van der Waals surface area (Å²) in [6, 6.07) is 14.5. The molecule has 0 amide bonds. The van der Waals surface area contributed by atoms with Gasteiger partial charge in [0.25, 0.3) is 0 Å². The standard InChI is InChI=1S/C22H28N2O3/c1-23-11-13-24(14-12-23)16-19-20(9-10-21-22(19)27-17-26-21)25-15-5-8-18-6-3-2-4-7-18/h2-4,6-7,9-10H,5,8,11-17H2,1H3. The highest BCUT2D eigenvalue weighted by Gasteiger charge is 2.24. The van der Waals surface area contributed by atoms with E-state index >= 15 is 0 Å². The molecule has 5 heteroatoms. The number of likely N-dealkylation sites (N-methyl/N-ethyl adjacent to an activating group) is 1. The second-order valence-corrected chi connectivity index (χ2v) is 7.29. The summed E-state index contributed by atoms with van der Waals surface area (Å²) in [6.07, 6.45) is 2.02. The number of nitrogens with zero attached hydrogens (tertiary/aromatic N) is 2. The number of hydrogen-bond donors (Lipinski definition) is 0. The Kier molecular flexibility index (Phi) is 5.80. The van der Waals surface area contributed by atoms with E-state index in [9.17, 15) is 0 Å². The first kappa shape index (κ1) is 18.1. The second-order valence-electron chi connectivity index (χ2n) is 7.29. The molecule has 2 aromatic rings. The molecule has 0 N–H and O–H groups in total. The first-order chi connectivity index (χ1) is 13.3. The average molecular weight is 368 g/mol. The van der Waals surface area contributed by atoms with Crippen LogP contribution in [-0.4, -0.2) is 56.4 Å². The van der Waals surface area contributed by atoms with Crippen LogP contribution in [0.15, 0.2) is 42.5 Å². The Morgan fingerprint density at radius 2 is 1.78 bits per heavy atom. The number of fused-ring (bicyclic) bond motifs is 1. The molecular weight excluding hydrogens is 340 g/mol. The minimum absolute atomic E-state index is 0.294. The molecule has 144 valence electrons. The van der Waals surface area contributed by atoms with Gasteiger partial charge in [-0.2, -0.15) is 0 Å². The van der Waals surface area contributed by atoms with Crippen LogP contribution in [0.1, 0.15) is 17.5 Å². The molecule has 2 aliphatic rings. The molecule has 5 nitrogen and oxygen atoms in total. The highest BCUT2D eigenvalue weighted by atomic mass is 16.7. The largest absolute Gasteiger partial charge is 0.493 e. The molecule has 27 heavy (non-hydrogen) atoms. The molecule has 0 bridgehead atoms. The summed E-state index contributed by atoms with van der Waals surface area (Å²) in [6.45, 7) is 6.16. The van der Waals surface area contributed by atoms with Crippen LogP contribution in [0.3, 0.4) is 0 Å². The Labute approximate surface area is 161 Å². The van der Waals surface area contributed by atoms with Gasteiger partial charge in [-0.3, -0.25) is 4.90 Å². The van der Waals surface area contributed by atoms with Gasteiger partial charge in [0.1, 0.15) is 5.75 Å². The van der Waals surface area contributed by atoms with Gasteiger partial charge < -0.3 is 19.1 Å². The monoisotopic (exact) mass is 368 g/mol. The SMILES string of the molecule is CN1CCN(Cc2c(OCCCc3ccccc3)ccc3c2OCO3)CC1. The fourth-order valence-electron chi connectivity index (χ4n) is 3.63. The molecule has 2 aliphatic heterocycles. The van der Waals surface area contributed by atoms with Crippen molar-refractivity contribution in [1.29, 1.82) is 0 Å². The van der Waals surface area contributed by atoms with Crippen molar-refractivity contribution in [3.8, 4) is 17.2 Å². The molecule has 2 heterocycles. The van der Waals surface area contributed by atoms with Gasteiger partial charge in [0, 0.05) is 32.7 Å². The van der Waals surface area contributed by atoms with Gasteiger partial charge in [-0.05, 0) is 37.6 Å². The third kappa shape index (κ3) is 4.54. The van der Waals surface area contributed by atoms with Crippen LogP contribution >= 0.6 is 0 Å². The summed E-state index contributed by atoms with van der Waals surface area (Å²) in [5.74, 6) is 2.61. The van der Waals surface area contributed by atoms with Crippen molar-refractivity contribution in [3.05, 3.63) is 53.6 Å². The van der Waals surface area contributed by atoms with Crippen LogP contribution in [0.4, 0.5) is 0 Å². The maximum atomic E-state index is 6.17. The van der Waals surface area contributed by atoms with E-state index in [4.69, 9.17) is 14.2 Å². The zero-order valence-electron chi connectivity index (χ0n) is 16.0. The predicted molar refractivity (Wildman–Crippen MR) is 106 cm³/mol. The van der Waals surface area contributed by atoms with E-state index < -0.39 is 0 Å². The Morgan fingerprint density at radius 3 is 2.59 bits per heavy atom. The molecule has 1 fully saturated rings. The summed E-state index contributed by atoms with van der Waals surface area (Å²) in [5, 5.41) is 0. The highest BCUT2D eigenvalue weighted by molar-refractivity contribution is 5.55. The van der Waals surface area contributed by atoms with Crippen molar-refractivity contribution < 1.29 is 14.2 Å². The molecule has 0 atom stereocenters. The first-order valence-corrected chi connectivity index (χ1v) is 9.79. The quantitative estimate of drug-likeness (QED) is 0.701. The van der Waals surface area contributed by atoms with E-state index in [2.05, 4.69) is 47.2 Å². The molecule has 0 saturated carbocycles. The van der Waals surface area contributed by atoms with Gasteiger partial charge in [0.05, 0.1) is 12.2 Å². The Bertz CT molecular complexity index is 743. The first-order valence-electron chi connectivity index (χ1n) is 9.79. The van der Waals surface area contributed by atoms with Gasteiger partial charge in [0.2, 0.25) is 6.79 Å². The van der Waals surface area contributed by atoms with E-state index in [0.29, 0.717) is 13.4 Å². The van der Waals surface area contributed by atoms with Crippen LogP contribution in [0.25, 0.3) is 0 Å². The van der Waals surface area contributed by atoms with Crippen molar-refractivity contribution in [3.63, 3.8) is 0 Å².